The van der Waals surface area contributed by atoms with Crippen molar-refractivity contribution >= 4 is 11.9 Å². The van der Waals surface area contributed by atoms with Gasteiger partial charge in [-0.3, -0.25) is 9.59 Å². The van der Waals surface area contributed by atoms with Gasteiger partial charge in [-0.1, -0.05) is 42.0 Å². The predicted molar refractivity (Wildman–Crippen MR) is 85.0 cm³/mol. The summed E-state index contributed by atoms with van der Waals surface area (Å²) in [6.07, 6.45) is 2.38. The van der Waals surface area contributed by atoms with Crippen molar-refractivity contribution in [2.24, 2.45) is 5.41 Å². The van der Waals surface area contributed by atoms with Crippen molar-refractivity contribution in [3.8, 4) is 0 Å². The van der Waals surface area contributed by atoms with E-state index in [0.717, 1.165) is 11.1 Å². The zero-order chi connectivity index (χ0) is 16.6. The van der Waals surface area contributed by atoms with Gasteiger partial charge in [0.05, 0.1) is 18.9 Å². The Balaban J connectivity index is 2.78. The second-order valence-corrected chi connectivity index (χ2v) is 5.86. The Labute approximate surface area is 132 Å². The van der Waals surface area contributed by atoms with Crippen LogP contribution in [-0.4, -0.2) is 19.0 Å². The molecule has 0 fully saturated rings. The van der Waals surface area contributed by atoms with Crippen molar-refractivity contribution in [1.82, 2.24) is 0 Å². The normalized spacial score (nSPS) is 12.9. The highest BCUT2D eigenvalue weighted by atomic mass is 16.5. The SMILES string of the molecule is COC(=O)C[C@](C)(CC=C(C)C)C(=O)OCc1ccccc1. The first-order valence-electron chi connectivity index (χ1n) is 7.29. The summed E-state index contributed by atoms with van der Waals surface area (Å²) >= 11 is 0. The van der Waals surface area contributed by atoms with Crippen molar-refractivity contribution < 1.29 is 19.1 Å². The number of benzene rings is 1. The maximum Gasteiger partial charge on any atom is 0.313 e. The molecule has 0 unspecified atom stereocenters. The molecule has 1 aromatic rings. The van der Waals surface area contributed by atoms with Gasteiger partial charge in [-0.15, -0.1) is 0 Å². The quantitative estimate of drug-likeness (QED) is 0.570. The molecule has 0 aliphatic heterocycles. The van der Waals surface area contributed by atoms with Gasteiger partial charge >= 0.3 is 11.9 Å². The number of carbonyl (C=O) groups is 2. The number of hydrogen-bond donors (Lipinski definition) is 0. The maximum atomic E-state index is 12.4. The minimum atomic E-state index is -0.918. The standard InChI is InChI=1S/C18H24O4/c1-14(2)10-11-18(3,12-16(19)21-4)17(20)22-13-15-8-6-5-7-9-15/h5-10H,11-13H2,1-4H3/t18-/m0/s1. The summed E-state index contributed by atoms with van der Waals surface area (Å²) in [5.74, 6) is -0.805. The Bertz CT molecular complexity index is 529. The van der Waals surface area contributed by atoms with Crippen LogP contribution in [0.15, 0.2) is 42.0 Å². The van der Waals surface area contributed by atoms with Crippen molar-refractivity contribution in [1.29, 1.82) is 0 Å². The van der Waals surface area contributed by atoms with E-state index in [1.54, 1.807) is 6.92 Å². The molecule has 1 rings (SSSR count). The lowest BCUT2D eigenvalue weighted by Gasteiger charge is -2.25. The fourth-order valence-electron chi connectivity index (χ4n) is 1.95. The van der Waals surface area contributed by atoms with Crippen LogP contribution in [0.2, 0.25) is 0 Å². The fraction of sp³-hybridized carbons (Fsp3) is 0.444. The summed E-state index contributed by atoms with van der Waals surface area (Å²) < 4.78 is 10.1. The van der Waals surface area contributed by atoms with Gasteiger partial charge < -0.3 is 9.47 Å². The summed E-state index contributed by atoms with van der Waals surface area (Å²) in [4.78, 5) is 24.0. The van der Waals surface area contributed by atoms with Gasteiger partial charge in [0.25, 0.3) is 0 Å². The average molecular weight is 304 g/mol. The monoisotopic (exact) mass is 304 g/mol. The Morgan fingerprint density at radius 2 is 1.82 bits per heavy atom. The van der Waals surface area contributed by atoms with Crippen molar-refractivity contribution in [3.05, 3.63) is 47.5 Å². The lowest BCUT2D eigenvalue weighted by molar-refractivity contribution is -0.161. The zero-order valence-corrected chi connectivity index (χ0v) is 13.7. The molecule has 0 saturated carbocycles. The number of ether oxygens (including phenoxy) is 2. The van der Waals surface area contributed by atoms with Gasteiger partial charge in [-0.25, -0.2) is 0 Å². The van der Waals surface area contributed by atoms with Crippen LogP contribution in [-0.2, 0) is 25.7 Å². The van der Waals surface area contributed by atoms with E-state index in [-0.39, 0.29) is 19.0 Å². The molecule has 4 heteroatoms. The molecule has 0 heterocycles. The van der Waals surface area contributed by atoms with Crippen molar-refractivity contribution in [2.75, 3.05) is 7.11 Å². The third-order valence-corrected chi connectivity index (χ3v) is 3.43. The lowest BCUT2D eigenvalue weighted by atomic mass is 9.82. The maximum absolute atomic E-state index is 12.4. The number of carbonyl (C=O) groups excluding carboxylic acids is 2. The number of hydrogen-bond acceptors (Lipinski definition) is 4. The first kappa shape index (κ1) is 18.0. The smallest absolute Gasteiger partial charge is 0.313 e. The molecule has 4 nitrogen and oxygen atoms in total. The van der Waals surface area contributed by atoms with Crippen molar-refractivity contribution in [3.63, 3.8) is 0 Å². The van der Waals surface area contributed by atoms with Crippen LogP contribution in [0.3, 0.4) is 0 Å². The van der Waals surface area contributed by atoms with Crippen LogP contribution in [0.25, 0.3) is 0 Å². The van der Waals surface area contributed by atoms with E-state index in [2.05, 4.69) is 0 Å². The minimum Gasteiger partial charge on any atom is -0.469 e. The predicted octanol–water partition coefficient (Wildman–Crippen LogP) is 3.66. The van der Waals surface area contributed by atoms with E-state index < -0.39 is 11.4 Å². The second kappa shape index (κ2) is 8.37. The van der Waals surface area contributed by atoms with Crippen LogP contribution in [0.5, 0.6) is 0 Å². The first-order chi connectivity index (χ1) is 10.4. The topological polar surface area (TPSA) is 52.6 Å². The summed E-state index contributed by atoms with van der Waals surface area (Å²) in [5.41, 5.74) is 1.09. The molecule has 0 radical (unpaired) electrons. The molecule has 1 aromatic carbocycles. The van der Waals surface area contributed by atoms with Crippen molar-refractivity contribution in [2.45, 2.75) is 40.2 Å². The number of rotatable bonds is 7. The second-order valence-electron chi connectivity index (χ2n) is 5.86. The van der Waals surface area contributed by atoms with Gasteiger partial charge in [-0.2, -0.15) is 0 Å². The van der Waals surface area contributed by atoms with Crippen LogP contribution in [0.4, 0.5) is 0 Å². The fourth-order valence-corrected chi connectivity index (χ4v) is 1.95. The molecule has 0 saturated heterocycles. The molecule has 0 amide bonds. The highest BCUT2D eigenvalue weighted by Crippen LogP contribution is 2.30. The first-order valence-corrected chi connectivity index (χ1v) is 7.29. The largest absolute Gasteiger partial charge is 0.469 e. The lowest BCUT2D eigenvalue weighted by Crippen LogP contribution is -2.32. The van der Waals surface area contributed by atoms with E-state index in [9.17, 15) is 9.59 Å². The molecule has 0 N–H and O–H groups in total. The third-order valence-electron chi connectivity index (χ3n) is 3.43. The van der Waals surface area contributed by atoms with Crippen LogP contribution >= 0.6 is 0 Å². The average Bonchev–Trinajstić information content (AvgIpc) is 2.51. The number of allylic oxidation sites excluding steroid dienone is 2. The van der Waals surface area contributed by atoms with Gasteiger partial charge in [0.1, 0.15) is 6.61 Å². The molecule has 22 heavy (non-hydrogen) atoms. The summed E-state index contributed by atoms with van der Waals surface area (Å²) in [7, 11) is 1.32. The van der Waals surface area contributed by atoms with Crippen LogP contribution < -0.4 is 0 Å². The van der Waals surface area contributed by atoms with E-state index in [1.807, 2.05) is 50.3 Å². The number of esters is 2. The zero-order valence-electron chi connectivity index (χ0n) is 13.7. The highest BCUT2D eigenvalue weighted by Gasteiger charge is 2.36. The Hall–Kier alpha value is -2.10. The van der Waals surface area contributed by atoms with E-state index in [1.165, 1.54) is 7.11 Å². The molecule has 1 atom stereocenters. The van der Waals surface area contributed by atoms with Crippen LogP contribution in [0, 0.1) is 5.41 Å². The Morgan fingerprint density at radius 3 is 2.36 bits per heavy atom. The molecule has 120 valence electrons. The Morgan fingerprint density at radius 1 is 1.18 bits per heavy atom. The van der Waals surface area contributed by atoms with E-state index in [0.29, 0.717) is 6.42 Å². The summed E-state index contributed by atoms with van der Waals surface area (Å²) in [6, 6.07) is 9.46. The van der Waals surface area contributed by atoms with Gasteiger partial charge in [0.2, 0.25) is 0 Å². The van der Waals surface area contributed by atoms with Gasteiger partial charge in [0, 0.05) is 0 Å². The summed E-state index contributed by atoms with van der Waals surface area (Å²) in [6.45, 7) is 5.84. The number of methoxy groups -OCH3 is 1. The Kier molecular flexibility index (Phi) is 6.83. The molecule has 0 bridgehead atoms. The minimum absolute atomic E-state index is 0.000896. The molecular formula is C18H24O4. The summed E-state index contributed by atoms with van der Waals surface area (Å²) in [5, 5.41) is 0. The van der Waals surface area contributed by atoms with Gasteiger partial charge in [-0.05, 0) is 32.8 Å². The van der Waals surface area contributed by atoms with E-state index >= 15 is 0 Å². The molecule has 0 aliphatic rings. The molecule has 0 spiro atoms. The molecular weight excluding hydrogens is 280 g/mol. The van der Waals surface area contributed by atoms with Gasteiger partial charge in [0.15, 0.2) is 0 Å². The van der Waals surface area contributed by atoms with E-state index in [4.69, 9.17) is 9.47 Å². The molecule has 0 aliphatic carbocycles. The van der Waals surface area contributed by atoms with Crippen LogP contribution in [0.1, 0.15) is 39.2 Å². The highest BCUT2D eigenvalue weighted by molar-refractivity contribution is 5.83. The molecule has 0 aromatic heterocycles. The third kappa shape index (κ3) is 5.72.